The number of hydrogen-bond donors (Lipinski definition) is 1. The van der Waals surface area contributed by atoms with Gasteiger partial charge in [0.2, 0.25) is 6.79 Å². The molecule has 0 spiro atoms. The van der Waals surface area contributed by atoms with E-state index in [9.17, 15) is 9.59 Å². The molecule has 6 nitrogen and oxygen atoms in total. The van der Waals surface area contributed by atoms with Crippen LogP contribution in [0.15, 0.2) is 42.5 Å². The zero-order valence-corrected chi connectivity index (χ0v) is 18.9. The smallest absolute Gasteiger partial charge is 0.312 e. The van der Waals surface area contributed by atoms with Crippen molar-refractivity contribution in [3.8, 4) is 11.5 Å². The van der Waals surface area contributed by atoms with Gasteiger partial charge in [-0.25, -0.2) is 0 Å². The third kappa shape index (κ3) is 3.56. The maximum absolute atomic E-state index is 13.4. The van der Waals surface area contributed by atoms with Crippen molar-refractivity contribution in [3.63, 3.8) is 0 Å². The predicted molar refractivity (Wildman–Crippen MR) is 122 cm³/mol. The van der Waals surface area contributed by atoms with E-state index in [1.54, 1.807) is 18.2 Å². The second-order valence-corrected chi connectivity index (χ2v) is 10.6. The van der Waals surface area contributed by atoms with Crippen LogP contribution in [0.4, 0.5) is 5.69 Å². The van der Waals surface area contributed by atoms with Crippen LogP contribution in [0.5, 0.6) is 11.5 Å². The Bertz CT molecular complexity index is 1090. The second kappa shape index (κ2) is 7.51. The molecule has 0 aromatic heterocycles. The number of anilines is 1. The molecular formula is C27H29NO5. The molecule has 7 rings (SSSR count). The highest BCUT2D eigenvalue weighted by Crippen LogP contribution is 2.66. The number of esters is 1. The molecular weight excluding hydrogens is 418 g/mol. The van der Waals surface area contributed by atoms with Crippen LogP contribution in [0.1, 0.15) is 49.7 Å². The summed E-state index contributed by atoms with van der Waals surface area (Å²) in [6.07, 6.45) is 6.14. The number of ether oxygens (including phenoxy) is 3. The van der Waals surface area contributed by atoms with Crippen LogP contribution in [-0.4, -0.2) is 25.3 Å². The molecule has 4 fully saturated rings. The summed E-state index contributed by atoms with van der Waals surface area (Å²) in [5.41, 5.74) is 2.80. The van der Waals surface area contributed by atoms with E-state index in [2.05, 4.69) is 36.5 Å². The van der Waals surface area contributed by atoms with Crippen molar-refractivity contribution in [2.45, 2.75) is 50.9 Å². The van der Waals surface area contributed by atoms with Crippen LogP contribution < -0.4 is 14.8 Å². The summed E-state index contributed by atoms with van der Waals surface area (Å²) in [5, 5.41) is 2.79. The van der Waals surface area contributed by atoms with Crippen molar-refractivity contribution in [3.05, 3.63) is 53.6 Å². The summed E-state index contributed by atoms with van der Waals surface area (Å²) in [6, 6.07) is 14.1. The molecule has 0 saturated heterocycles. The Morgan fingerprint density at radius 2 is 1.73 bits per heavy atom. The fraction of sp³-hybridized carbons (Fsp3) is 0.481. The summed E-state index contributed by atoms with van der Waals surface area (Å²) >= 11 is 0. The summed E-state index contributed by atoms with van der Waals surface area (Å²) in [6.45, 7) is 2.01. The number of amides is 1. The molecule has 2 aromatic rings. The molecule has 4 bridgehead atoms. The van der Waals surface area contributed by atoms with Crippen molar-refractivity contribution < 1.29 is 23.8 Å². The van der Waals surface area contributed by atoms with Crippen LogP contribution in [-0.2, 0) is 19.7 Å². The molecule has 2 atom stereocenters. The Balaban J connectivity index is 1.14. The van der Waals surface area contributed by atoms with E-state index in [-0.39, 0.29) is 30.7 Å². The van der Waals surface area contributed by atoms with Crippen molar-refractivity contribution >= 4 is 17.6 Å². The third-order valence-corrected chi connectivity index (χ3v) is 8.15. The van der Waals surface area contributed by atoms with Crippen LogP contribution >= 0.6 is 0 Å². The molecule has 6 heteroatoms. The first kappa shape index (κ1) is 20.6. The number of carbonyl (C=O) groups excluding carboxylic acids is 2. The first-order valence-electron chi connectivity index (χ1n) is 11.9. The highest BCUT2D eigenvalue weighted by Gasteiger charge is 2.61. The Morgan fingerprint density at radius 1 is 1.00 bits per heavy atom. The van der Waals surface area contributed by atoms with Gasteiger partial charge >= 0.3 is 5.97 Å². The molecule has 0 radical (unpaired) electrons. The molecule has 4 saturated carbocycles. The fourth-order valence-electron chi connectivity index (χ4n) is 7.20. The van der Waals surface area contributed by atoms with E-state index < -0.39 is 5.41 Å². The van der Waals surface area contributed by atoms with Gasteiger partial charge in [-0.1, -0.05) is 29.8 Å². The number of carbonyl (C=O) groups is 2. The number of nitrogens with one attached hydrogen (secondary N) is 1. The predicted octanol–water partition coefficient (Wildman–Crippen LogP) is 4.74. The lowest BCUT2D eigenvalue weighted by Gasteiger charge is -2.61. The van der Waals surface area contributed by atoms with E-state index in [0.717, 1.165) is 32.1 Å². The number of aryl methyl sites for hydroxylation is 1. The Morgan fingerprint density at radius 3 is 2.48 bits per heavy atom. The van der Waals surface area contributed by atoms with Gasteiger partial charge in [-0.15, -0.1) is 0 Å². The van der Waals surface area contributed by atoms with Gasteiger partial charge in [-0.05, 0) is 80.4 Å². The fourth-order valence-corrected chi connectivity index (χ4v) is 7.20. The lowest BCUT2D eigenvalue weighted by Crippen LogP contribution is -2.57. The average Bonchev–Trinajstić information content (AvgIpc) is 3.25. The first-order valence-corrected chi connectivity index (χ1v) is 11.9. The van der Waals surface area contributed by atoms with E-state index in [1.165, 1.54) is 17.5 Å². The highest BCUT2D eigenvalue weighted by atomic mass is 16.7. The summed E-state index contributed by atoms with van der Waals surface area (Å²) in [5.74, 6) is 1.82. The number of hydrogen-bond acceptors (Lipinski definition) is 5. The average molecular weight is 448 g/mol. The van der Waals surface area contributed by atoms with Gasteiger partial charge in [0.25, 0.3) is 5.91 Å². The van der Waals surface area contributed by atoms with Gasteiger partial charge in [0.1, 0.15) is 0 Å². The Hall–Kier alpha value is -3.02. The van der Waals surface area contributed by atoms with E-state index >= 15 is 0 Å². The number of rotatable bonds is 5. The van der Waals surface area contributed by atoms with Gasteiger partial charge in [-0.2, -0.15) is 0 Å². The topological polar surface area (TPSA) is 73.9 Å². The molecule has 172 valence electrons. The summed E-state index contributed by atoms with van der Waals surface area (Å²) in [7, 11) is 0. The summed E-state index contributed by atoms with van der Waals surface area (Å²) < 4.78 is 16.3. The molecule has 1 amide bonds. The lowest BCUT2D eigenvalue weighted by molar-refractivity contribution is -0.175. The van der Waals surface area contributed by atoms with Gasteiger partial charge in [0.15, 0.2) is 18.1 Å². The monoisotopic (exact) mass is 447 g/mol. The number of benzene rings is 2. The van der Waals surface area contributed by atoms with Gasteiger partial charge in [-0.3, -0.25) is 9.59 Å². The molecule has 4 aliphatic carbocycles. The maximum atomic E-state index is 13.4. The zero-order valence-electron chi connectivity index (χ0n) is 18.9. The van der Waals surface area contributed by atoms with E-state index in [0.29, 0.717) is 29.0 Å². The Kier molecular flexibility index (Phi) is 4.68. The minimum absolute atomic E-state index is 0.0611. The van der Waals surface area contributed by atoms with Crippen LogP contribution in [0.2, 0.25) is 0 Å². The van der Waals surface area contributed by atoms with Gasteiger partial charge < -0.3 is 19.5 Å². The largest absolute Gasteiger partial charge is 0.455 e. The highest BCUT2D eigenvalue weighted by molar-refractivity contribution is 5.93. The molecule has 33 heavy (non-hydrogen) atoms. The normalized spacial score (nSPS) is 30.8. The number of fused-ring (bicyclic) bond motifs is 1. The Labute approximate surface area is 193 Å². The van der Waals surface area contributed by atoms with Crippen molar-refractivity contribution in [1.82, 2.24) is 0 Å². The standard InChI is InChI=1S/C27H29NO5/c1-17-2-4-20(5-3-17)26-10-18-8-19(11-26)13-27(12-18,15-26)25(30)31-14-24(29)28-21-6-7-22-23(9-21)33-16-32-22/h2-7,9,18-19H,8,10-16H2,1H3,(H,28,29)/t18-,19-,26?,27?/m0/s1. The van der Waals surface area contributed by atoms with Crippen molar-refractivity contribution in [2.24, 2.45) is 17.3 Å². The first-order chi connectivity index (χ1) is 15.9. The molecule has 1 heterocycles. The molecule has 1 N–H and O–H groups in total. The molecule has 1 aliphatic heterocycles. The van der Waals surface area contributed by atoms with Crippen LogP contribution in [0, 0.1) is 24.2 Å². The molecule has 2 aromatic carbocycles. The zero-order chi connectivity index (χ0) is 22.6. The van der Waals surface area contributed by atoms with Crippen molar-refractivity contribution in [1.29, 1.82) is 0 Å². The van der Waals surface area contributed by atoms with Crippen LogP contribution in [0.3, 0.4) is 0 Å². The van der Waals surface area contributed by atoms with E-state index in [1.807, 2.05) is 0 Å². The quantitative estimate of drug-likeness (QED) is 0.670. The maximum Gasteiger partial charge on any atom is 0.312 e. The minimum atomic E-state index is -0.464. The summed E-state index contributed by atoms with van der Waals surface area (Å²) in [4.78, 5) is 25.9. The second-order valence-electron chi connectivity index (χ2n) is 10.6. The molecule has 0 unspecified atom stereocenters. The third-order valence-electron chi connectivity index (χ3n) is 8.15. The SMILES string of the molecule is Cc1ccc(C23C[C@@H]4C[C@H](CC(C(=O)OCC(=O)Nc5ccc6c(c5)OCO6)(C4)C2)C3)cc1. The minimum Gasteiger partial charge on any atom is -0.455 e. The van der Waals surface area contributed by atoms with Gasteiger partial charge in [0, 0.05) is 11.8 Å². The van der Waals surface area contributed by atoms with Gasteiger partial charge in [0.05, 0.1) is 5.41 Å². The molecule has 5 aliphatic rings. The van der Waals surface area contributed by atoms with E-state index in [4.69, 9.17) is 14.2 Å². The van der Waals surface area contributed by atoms with Crippen molar-refractivity contribution in [2.75, 3.05) is 18.7 Å². The lowest BCUT2D eigenvalue weighted by atomic mass is 9.43. The van der Waals surface area contributed by atoms with Crippen LogP contribution in [0.25, 0.3) is 0 Å².